The molecule has 0 aliphatic rings. The van der Waals surface area contributed by atoms with Gasteiger partial charge in [0.05, 0.1) is 12.6 Å². The van der Waals surface area contributed by atoms with Gasteiger partial charge in [0.1, 0.15) is 5.60 Å². The maximum atomic E-state index is 11.7. The zero-order valence-corrected chi connectivity index (χ0v) is 9.64. The molecule has 7 heteroatoms. The summed E-state index contributed by atoms with van der Waals surface area (Å²) in [6, 6.07) is -0.781. The van der Waals surface area contributed by atoms with Gasteiger partial charge in [-0.2, -0.15) is 0 Å². The average molecular weight is 243 g/mol. The van der Waals surface area contributed by atoms with Crippen LogP contribution in [-0.4, -0.2) is 30.7 Å². The highest BCUT2D eigenvalue weighted by molar-refractivity contribution is 5.68. The predicted molar refractivity (Wildman–Crippen MR) is 50.8 cm³/mol. The molecule has 0 heterocycles. The number of alkyl carbamates (subject to hydrolysis) is 1. The maximum absolute atomic E-state index is 11.7. The molecule has 1 atom stereocenters. The molecule has 1 N–H and O–H groups in total. The average Bonchev–Trinajstić information content (AvgIpc) is 1.95. The van der Waals surface area contributed by atoms with E-state index in [0.29, 0.717) is 0 Å². The number of ether oxygens (including phenoxy) is 2. The monoisotopic (exact) mass is 243 g/mol. The minimum absolute atomic E-state index is 0.650. The first-order valence-corrected chi connectivity index (χ1v) is 4.70. The minimum atomic E-state index is -4.69. The first kappa shape index (κ1) is 15.0. The van der Waals surface area contributed by atoms with Crippen molar-refractivity contribution in [3.63, 3.8) is 0 Å². The highest BCUT2D eigenvalue weighted by Gasteiger charge is 2.30. The molecule has 0 radical (unpaired) electrons. The summed E-state index contributed by atoms with van der Waals surface area (Å²) in [5.41, 5.74) is -0.686. The van der Waals surface area contributed by atoms with Crippen LogP contribution in [0.15, 0.2) is 0 Å². The largest absolute Gasteiger partial charge is 0.522 e. The second-order valence-corrected chi connectivity index (χ2v) is 4.30. The number of rotatable bonds is 3. The third-order valence-corrected chi connectivity index (χ3v) is 1.26. The van der Waals surface area contributed by atoms with Gasteiger partial charge in [-0.1, -0.05) is 0 Å². The van der Waals surface area contributed by atoms with E-state index in [4.69, 9.17) is 4.74 Å². The summed E-state index contributed by atoms with van der Waals surface area (Å²) in [4.78, 5) is 11.1. The molecule has 4 nitrogen and oxygen atoms in total. The van der Waals surface area contributed by atoms with Crippen LogP contribution in [0.1, 0.15) is 27.7 Å². The molecule has 0 aromatic heterocycles. The zero-order chi connectivity index (χ0) is 13.0. The van der Waals surface area contributed by atoms with Crippen molar-refractivity contribution in [1.82, 2.24) is 5.32 Å². The Balaban J connectivity index is 3.88. The van der Waals surface area contributed by atoms with Crippen LogP contribution in [0.3, 0.4) is 0 Å². The van der Waals surface area contributed by atoms with Crippen molar-refractivity contribution in [2.24, 2.45) is 0 Å². The molecular formula is C9H16F3NO3. The van der Waals surface area contributed by atoms with Crippen molar-refractivity contribution in [1.29, 1.82) is 0 Å². The van der Waals surface area contributed by atoms with E-state index in [1.165, 1.54) is 6.92 Å². The topological polar surface area (TPSA) is 47.6 Å². The molecule has 96 valence electrons. The first-order chi connectivity index (χ1) is 6.99. The molecule has 0 aromatic carbocycles. The Bertz CT molecular complexity index is 235. The second kappa shape index (κ2) is 5.38. The van der Waals surface area contributed by atoms with Gasteiger partial charge in [0.25, 0.3) is 0 Å². The third-order valence-electron chi connectivity index (χ3n) is 1.26. The second-order valence-electron chi connectivity index (χ2n) is 4.30. The van der Waals surface area contributed by atoms with E-state index in [9.17, 15) is 18.0 Å². The van der Waals surface area contributed by atoms with Crippen molar-refractivity contribution in [3.8, 4) is 0 Å². The Morgan fingerprint density at radius 1 is 1.31 bits per heavy atom. The molecule has 0 spiro atoms. The van der Waals surface area contributed by atoms with Crippen molar-refractivity contribution >= 4 is 6.09 Å². The van der Waals surface area contributed by atoms with E-state index >= 15 is 0 Å². The number of hydrogen-bond donors (Lipinski definition) is 1. The van der Waals surface area contributed by atoms with Gasteiger partial charge in [0, 0.05) is 0 Å². The fourth-order valence-corrected chi connectivity index (χ4v) is 0.770. The van der Waals surface area contributed by atoms with Gasteiger partial charge < -0.3 is 10.1 Å². The first-order valence-electron chi connectivity index (χ1n) is 4.70. The van der Waals surface area contributed by atoms with Gasteiger partial charge >= 0.3 is 12.5 Å². The molecule has 0 bridgehead atoms. The molecule has 0 saturated heterocycles. The van der Waals surface area contributed by atoms with Crippen LogP contribution in [0.25, 0.3) is 0 Å². The number of halogens is 3. The molecule has 0 rings (SSSR count). The van der Waals surface area contributed by atoms with E-state index in [1.807, 2.05) is 0 Å². The Kier molecular flexibility index (Phi) is 5.05. The summed E-state index contributed by atoms with van der Waals surface area (Å²) in [6.07, 6.45) is -5.46. The Hall–Kier alpha value is -0.980. The van der Waals surface area contributed by atoms with Crippen LogP contribution >= 0.6 is 0 Å². The number of carbonyl (C=O) groups is 1. The normalized spacial score (nSPS) is 14.4. The van der Waals surface area contributed by atoms with Gasteiger partial charge in [0.2, 0.25) is 0 Å². The van der Waals surface area contributed by atoms with Gasteiger partial charge in [-0.3, -0.25) is 4.74 Å². The lowest BCUT2D eigenvalue weighted by Gasteiger charge is -2.22. The van der Waals surface area contributed by atoms with Crippen LogP contribution in [0, 0.1) is 0 Å². The van der Waals surface area contributed by atoms with Crippen molar-refractivity contribution in [2.75, 3.05) is 6.61 Å². The SMILES string of the molecule is C[C@@H](COC(F)(F)F)NC(=O)OC(C)(C)C. The highest BCUT2D eigenvalue weighted by atomic mass is 19.4. The molecule has 0 saturated carbocycles. The number of carbonyl (C=O) groups excluding carboxylic acids is 1. The van der Waals surface area contributed by atoms with Gasteiger partial charge in [-0.05, 0) is 27.7 Å². The summed E-state index contributed by atoms with van der Waals surface area (Å²) in [5.74, 6) is 0. The molecule has 0 aromatic rings. The summed E-state index contributed by atoms with van der Waals surface area (Å²) in [5, 5.41) is 2.22. The quantitative estimate of drug-likeness (QED) is 0.828. The number of nitrogens with one attached hydrogen (secondary N) is 1. The molecule has 0 fully saturated rings. The lowest BCUT2D eigenvalue weighted by atomic mass is 10.2. The van der Waals surface area contributed by atoms with Crippen LogP contribution in [0.2, 0.25) is 0 Å². The number of alkyl halides is 3. The van der Waals surface area contributed by atoms with Crippen LogP contribution in [0.5, 0.6) is 0 Å². The van der Waals surface area contributed by atoms with E-state index in [0.717, 1.165) is 0 Å². The summed E-state index contributed by atoms with van der Waals surface area (Å²) < 4.78 is 43.4. The fraction of sp³-hybridized carbons (Fsp3) is 0.889. The molecule has 0 aliphatic heterocycles. The molecular weight excluding hydrogens is 227 g/mol. The predicted octanol–water partition coefficient (Wildman–Crippen LogP) is 2.44. The van der Waals surface area contributed by atoms with Crippen LogP contribution in [-0.2, 0) is 9.47 Å². The molecule has 0 aliphatic carbocycles. The van der Waals surface area contributed by atoms with Gasteiger partial charge in [-0.25, -0.2) is 4.79 Å². The lowest BCUT2D eigenvalue weighted by Crippen LogP contribution is -2.40. The maximum Gasteiger partial charge on any atom is 0.522 e. The Morgan fingerprint density at radius 3 is 2.19 bits per heavy atom. The molecule has 16 heavy (non-hydrogen) atoms. The van der Waals surface area contributed by atoms with Crippen molar-refractivity contribution < 1.29 is 27.4 Å². The highest BCUT2D eigenvalue weighted by Crippen LogP contribution is 2.16. The number of amides is 1. The van der Waals surface area contributed by atoms with E-state index in [-0.39, 0.29) is 0 Å². The Morgan fingerprint density at radius 2 is 1.81 bits per heavy atom. The Labute approximate surface area is 92.1 Å². The van der Waals surface area contributed by atoms with E-state index in [2.05, 4.69) is 10.1 Å². The summed E-state index contributed by atoms with van der Waals surface area (Å²) in [7, 11) is 0. The standard InChI is InChI=1S/C9H16F3NO3/c1-6(5-15-9(10,11)12)13-7(14)16-8(2,3)4/h6H,5H2,1-4H3,(H,13,14)/t6-/m0/s1. The smallest absolute Gasteiger partial charge is 0.444 e. The zero-order valence-electron chi connectivity index (χ0n) is 9.64. The van der Waals surface area contributed by atoms with Crippen LogP contribution < -0.4 is 5.32 Å². The summed E-state index contributed by atoms with van der Waals surface area (Å²) in [6.45, 7) is 5.70. The molecule has 0 unspecified atom stereocenters. The van der Waals surface area contributed by atoms with Gasteiger partial charge in [0.15, 0.2) is 0 Å². The number of hydrogen-bond acceptors (Lipinski definition) is 3. The van der Waals surface area contributed by atoms with Crippen molar-refractivity contribution in [3.05, 3.63) is 0 Å². The minimum Gasteiger partial charge on any atom is -0.444 e. The van der Waals surface area contributed by atoms with Crippen LogP contribution in [0.4, 0.5) is 18.0 Å². The van der Waals surface area contributed by atoms with Gasteiger partial charge in [-0.15, -0.1) is 13.2 Å². The fourth-order valence-electron chi connectivity index (χ4n) is 0.770. The molecule has 1 amide bonds. The van der Waals surface area contributed by atoms with E-state index in [1.54, 1.807) is 20.8 Å². The van der Waals surface area contributed by atoms with E-state index < -0.39 is 30.7 Å². The van der Waals surface area contributed by atoms with Crippen molar-refractivity contribution in [2.45, 2.75) is 45.7 Å². The summed E-state index contributed by atoms with van der Waals surface area (Å²) >= 11 is 0. The lowest BCUT2D eigenvalue weighted by molar-refractivity contribution is -0.325. The third kappa shape index (κ3) is 9.57.